The van der Waals surface area contributed by atoms with E-state index in [1.807, 2.05) is 19.1 Å². The Balaban J connectivity index is 3.50. The van der Waals surface area contributed by atoms with Crippen LogP contribution in [0.5, 0.6) is 5.75 Å². The summed E-state index contributed by atoms with van der Waals surface area (Å²) in [5.41, 5.74) is 2.88. The van der Waals surface area contributed by atoms with Crippen LogP contribution < -0.4 is 4.74 Å². The first-order valence-corrected chi connectivity index (χ1v) is 8.69. The molecule has 124 valence electrons. The van der Waals surface area contributed by atoms with Crippen LogP contribution in [0, 0.1) is 0 Å². The van der Waals surface area contributed by atoms with Gasteiger partial charge in [0.25, 0.3) is 0 Å². The number of hydrogen-bond acceptors (Lipinski definition) is 3. The summed E-state index contributed by atoms with van der Waals surface area (Å²) in [7, 11) is -2.60. The van der Waals surface area contributed by atoms with Crippen LogP contribution in [0.1, 0.15) is 65.2 Å². The molecule has 1 unspecified atom stereocenters. The van der Waals surface area contributed by atoms with E-state index in [2.05, 4.69) is 41.5 Å². The molecule has 0 fully saturated rings. The number of rotatable bonds is 5. The van der Waals surface area contributed by atoms with Crippen LogP contribution in [0.15, 0.2) is 12.1 Å². The van der Waals surface area contributed by atoms with Crippen LogP contribution in [-0.4, -0.2) is 11.5 Å². The van der Waals surface area contributed by atoms with Crippen molar-refractivity contribution in [2.24, 2.45) is 0 Å². The molecule has 1 N–H and O–H groups in total. The lowest BCUT2D eigenvalue weighted by atomic mass is 9.78. The molecule has 0 bridgehead atoms. The van der Waals surface area contributed by atoms with Gasteiger partial charge in [0.15, 0.2) is 0 Å². The van der Waals surface area contributed by atoms with Crippen LogP contribution in [-0.2, 0) is 26.5 Å². The molecule has 1 rings (SSSR count). The third-order valence-electron chi connectivity index (χ3n) is 3.40. The molecule has 0 aromatic heterocycles. The second-order valence-corrected chi connectivity index (χ2v) is 8.20. The van der Waals surface area contributed by atoms with Gasteiger partial charge in [-0.25, -0.2) is 0 Å². The van der Waals surface area contributed by atoms with E-state index in [9.17, 15) is 4.57 Å². The Kier molecular flexibility index (Phi) is 6.14. The molecule has 1 atom stereocenters. The third-order valence-corrected chi connectivity index (χ3v) is 3.75. The van der Waals surface area contributed by atoms with Gasteiger partial charge in [-0.1, -0.05) is 41.5 Å². The zero-order valence-corrected chi connectivity index (χ0v) is 15.6. The van der Waals surface area contributed by atoms with Crippen molar-refractivity contribution in [3.8, 4) is 5.75 Å². The number of hydrogen-bond donors (Lipinski definition) is 1. The molecular weight excluding hydrogens is 299 g/mol. The van der Waals surface area contributed by atoms with Gasteiger partial charge in [-0.05, 0) is 35.4 Å². The number of ether oxygens (including phenoxy) is 1. The van der Waals surface area contributed by atoms with Crippen LogP contribution in [0.2, 0.25) is 0 Å². The Morgan fingerprint density at radius 2 is 1.50 bits per heavy atom. The lowest BCUT2D eigenvalue weighted by Gasteiger charge is -2.30. The van der Waals surface area contributed by atoms with Crippen LogP contribution in [0.3, 0.4) is 0 Å². The smallest absolute Gasteiger partial charge is 0.493 e. The SMILES string of the molecule is CCOc1c(C(C)(C)C)cc(CO[P+](=O)O)cc1C(C)(C)C. The Bertz CT molecular complexity index is 504. The van der Waals surface area contributed by atoms with Crippen LogP contribution in [0.4, 0.5) is 0 Å². The van der Waals surface area contributed by atoms with Crippen LogP contribution in [0.25, 0.3) is 0 Å². The summed E-state index contributed by atoms with van der Waals surface area (Å²) in [6, 6.07) is 4.03. The van der Waals surface area contributed by atoms with E-state index in [0.29, 0.717) is 6.61 Å². The molecule has 0 saturated carbocycles. The molecule has 4 nitrogen and oxygen atoms in total. The molecule has 0 spiro atoms. The van der Waals surface area contributed by atoms with Crippen molar-refractivity contribution in [2.75, 3.05) is 6.61 Å². The Morgan fingerprint density at radius 1 is 1.05 bits per heavy atom. The van der Waals surface area contributed by atoms with Crippen molar-refractivity contribution in [1.29, 1.82) is 0 Å². The van der Waals surface area contributed by atoms with E-state index in [4.69, 9.17) is 14.2 Å². The minimum atomic E-state index is -2.60. The van der Waals surface area contributed by atoms with Crippen molar-refractivity contribution < 1.29 is 18.7 Å². The summed E-state index contributed by atoms with van der Waals surface area (Å²) in [5, 5.41) is 0. The number of benzene rings is 1. The largest absolute Gasteiger partial charge is 0.695 e. The van der Waals surface area contributed by atoms with Crippen LogP contribution >= 0.6 is 8.25 Å². The Labute approximate surface area is 134 Å². The highest BCUT2D eigenvalue weighted by molar-refractivity contribution is 7.32. The second kappa shape index (κ2) is 7.08. The first-order valence-electron chi connectivity index (χ1n) is 7.56. The Hall–Kier alpha value is -0.960. The minimum Gasteiger partial charge on any atom is -0.493 e. The van der Waals surface area contributed by atoms with E-state index in [1.165, 1.54) is 0 Å². The second-order valence-electron chi connectivity index (χ2n) is 7.46. The standard InChI is InChI=1S/C17H27O4P/c1-8-20-15-13(16(2,3)4)9-12(11-21-22(18)19)10-14(15)17(5,6)7/h9-10H,8,11H2,1-7H3/p+1. The molecule has 0 aliphatic carbocycles. The molecule has 0 aliphatic heterocycles. The van der Waals surface area contributed by atoms with E-state index >= 15 is 0 Å². The maximum atomic E-state index is 10.8. The average Bonchev–Trinajstić information content (AvgIpc) is 2.34. The third kappa shape index (κ3) is 5.05. The van der Waals surface area contributed by atoms with Crippen molar-refractivity contribution in [3.63, 3.8) is 0 Å². The summed E-state index contributed by atoms with van der Waals surface area (Å²) >= 11 is 0. The summed E-state index contributed by atoms with van der Waals surface area (Å²) in [6.45, 7) is 15.5. The maximum Gasteiger partial charge on any atom is 0.695 e. The summed E-state index contributed by atoms with van der Waals surface area (Å²) < 4.78 is 21.6. The molecule has 22 heavy (non-hydrogen) atoms. The highest BCUT2D eigenvalue weighted by Crippen LogP contribution is 2.41. The van der Waals surface area contributed by atoms with Crippen molar-refractivity contribution in [3.05, 3.63) is 28.8 Å². The van der Waals surface area contributed by atoms with Gasteiger partial charge in [0.05, 0.1) is 6.61 Å². The van der Waals surface area contributed by atoms with E-state index in [1.54, 1.807) is 0 Å². The predicted molar refractivity (Wildman–Crippen MR) is 89.6 cm³/mol. The zero-order chi connectivity index (χ0) is 17.1. The fraction of sp³-hybridized carbons (Fsp3) is 0.647. The van der Waals surface area contributed by atoms with E-state index < -0.39 is 8.25 Å². The highest BCUT2D eigenvalue weighted by atomic mass is 31.1. The highest BCUT2D eigenvalue weighted by Gasteiger charge is 2.28. The molecule has 0 radical (unpaired) electrons. The van der Waals surface area contributed by atoms with Gasteiger partial charge in [0, 0.05) is 15.7 Å². The first-order chi connectivity index (χ1) is 9.96. The molecule has 5 heteroatoms. The molecule has 0 saturated heterocycles. The van der Waals surface area contributed by atoms with Crippen molar-refractivity contribution in [1.82, 2.24) is 0 Å². The quantitative estimate of drug-likeness (QED) is 0.786. The summed E-state index contributed by atoms with van der Waals surface area (Å²) in [4.78, 5) is 8.87. The molecule has 1 aromatic carbocycles. The first kappa shape index (κ1) is 19.1. The molecule has 0 amide bonds. The van der Waals surface area contributed by atoms with Gasteiger partial charge in [0.2, 0.25) is 0 Å². The van der Waals surface area contributed by atoms with Gasteiger partial charge in [-0.15, -0.1) is 9.42 Å². The fourth-order valence-corrected chi connectivity index (χ4v) is 2.58. The van der Waals surface area contributed by atoms with Gasteiger partial charge in [-0.2, -0.15) is 0 Å². The lowest BCUT2D eigenvalue weighted by Crippen LogP contribution is -2.20. The van der Waals surface area contributed by atoms with E-state index in [0.717, 1.165) is 22.4 Å². The monoisotopic (exact) mass is 327 g/mol. The maximum absolute atomic E-state index is 10.8. The fourth-order valence-electron chi connectivity index (χ4n) is 2.32. The normalized spacial score (nSPS) is 13.2. The van der Waals surface area contributed by atoms with Crippen molar-refractivity contribution >= 4 is 8.25 Å². The topological polar surface area (TPSA) is 55.8 Å². The lowest BCUT2D eigenvalue weighted by molar-refractivity contribution is 0.271. The van der Waals surface area contributed by atoms with E-state index in [-0.39, 0.29) is 17.4 Å². The zero-order valence-electron chi connectivity index (χ0n) is 14.7. The minimum absolute atomic E-state index is 0.0953. The van der Waals surface area contributed by atoms with Crippen molar-refractivity contribution in [2.45, 2.75) is 65.9 Å². The van der Waals surface area contributed by atoms with Gasteiger partial charge in [0.1, 0.15) is 12.4 Å². The summed E-state index contributed by atoms with van der Waals surface area (Å²) in [6.07, 6.45) is 0. The summed E-state index contributed by atoms with van der Waals surface area (Å²) in [5.74, 6) is 0.916. The molecule has 1 aromatic rings. The molecular formula is C17H28O4P+. The van der Waals surface area contributed by atoms with Gasteiger partial charge in [-0.3, -0.25) is 0 Å². The molecule has 0 heterocycles. The average molecular weight is 327 g/mol. The molecule has 0 aliphatic rings. The van der Waals surface area contributed by atoms with Gasteiger partial charge < -0.3 is 4.74 Å². The van der Waals surface area contributed by atoms with Gasteiger partial charge >= 0.3 is 8.25 Å². The predicted octanol–water partition coefficient (Wildman–Crippen LogP) is 4.85. The Morgan fingerprint density at radius 3 is 1.82 bits per heavy atom.